The van der Waals surface area contributed by atoms with E-state index in [1.807, 2.05) is 6.92 Å². The fourth-order valence-corrected chi connectivity index (χ4v) is 5.25. The largest absolute Gasteiger partial charge is 0.573 e. The summed E-state index contributed by atoms with van der Waals surface area (Å²) in [4.78, 5) is 0. The van der Waals surface area contributed by atoms with Crippen molar-refractivity contribution < 1.29 is 53.4 Å². The number of hydrogen-bond acceptors (Lipinski definition) is 2. The third-order valence-corrected chi connectivity index (χ3v) is 7.62. The van der Waals surface area contributed by atoms with Crippen molar-refractivity contribution in [1.82, 2.24) is 0 Å². The first-order chi connectivity index (χ1) is 23.1. The number of halogens is 10. The molecule has 5 rings (SSSR count). The molecule has 0 bridgehead atoms. The van der Waals surface area contributed by atoms with E-state index in [0.29, 0.717) is 41.8 Å². The van der Waals surface area contributed by atoms with E-state index in [2.05, 4.69) is 9.47 Å². The van der Waals surface area contributed by atoms with E-state index in [0.717, 1.165) is 43.5 Å². The third-order valence-electron chi connectivity index (χ3n) is 7.62. The molecule has 0 fully saturated rings. The minimum absolute atomic E-state index is 0.0737. The van der Waals surface area contributed by atoms with Gasteiger partial charge < -0.3 is 9.47 Å². The Morgan fingerprint density at radius 3 is 1.65 bits per heavy atom. The van der Waals surface area contributed by atoms with Crippen molar-refractivity contribution in [3.05, 3.63) is 131 Å². The molecule has 0 N–H and O–H groups in total. The van der Waals surface area contributed by atoms with Gasteiger partial charge in [-0.25, -0.2) is 22.0 Å². The fraction of sp³-hybridized carbons (Fsp3) is 0.189. The molecule has 0 aromatic heterocycles. The van der Waals surface area contributed by atoms with Crippen LogP contribution >= 0.6 is 0 Å². The van der Waals surface area contributed by atoms with Crippen molar-refractivity contribution in [3.63, 3.8) is 0 Å². The Balaban J connectivity index is 1.31. The second kappa shape index (κ2) is 14.2. The summed E-state index contributed by atoms with van der Waals surface area (Å²) in [6.07, 6.45) is -6.22. The van der Waals surface area contributed by atoms with Crippen molar-refractivity contribution in [1.29, 1.82) is 0 Å². The molecule has 5 aromatic rings. The molecule has 12 heteroatoms. The molecule has 0 unspecified atom stereocenters. The van der Waals surface area contributed by atoms with Gasteiger partial charge in [0, 0.05) is 11.1 Å². The number of alkyl halides is 5. The molecule has 0 atom stereocenters. The molecular weight excluding hydrogens is 666 g/mol. The van der Waals surface area contributed by atoms with Gasteiger partial charge >= 0.3 is 12.5 Å². The molecule has 0 amide bonds. The molecule has 0 aliphatic carbocycles. The lowest BCUT2D eigenvalue weighted by Gasteiger charge is -2.20. The highest BCUT2D eigenvalue weighted by Gasteiger charge is 2.41. The average Bonchev–Trinajstić information content (AvgIpc) is 3.01. The first-order valence-electron chi connectivity index (χ1n) is 15.0. The smallest absolute Gasteiger partial charge is 0.429 e. The maximum absolute atomic E-state index is 15.1. The van der Waals surface area contributed by atoms with Crippen molar-refractivity contribution in [2.24, 2.45) is 0 Å². The quantitative estimate of drug-likeness (QED) is 0.101. The van der Waals surface area contributed by atoms with Crippen LogP contribution in [0.1, 0.15) is 37.3 Å². The number of ether oxygens (including phenoxy) is 2. The minimum Gasteiger partial charge on any atom is -0.429 e. The zero-order chi connectivity index (χ0) is 35.5. The summed E-state index contributed by atoms with van der Waals surface area (Å²) in [6.45, 7) is 2.02. The van der Waals surface area contributed by atoms with Crippen molar-refractivity contribution in [2.45, 2.75) is 45.1 Å². The summed E-state index contributed by atoms with van der Waals surface area (Å²) < 4.78 is 149. The summed E-state index contributed by atoms with van der Waals surface area (Å²) in [5.74, 6) is -7.86. The van der Waals surface area contributed by atoms with Gasteiger partial charge in [-0.1, -0.05) is 62.2 Å². The second-order valence-electron chi connectivity index (χ2n) is 11.1. The number of benzene rings is 5. The Hall–Kier alpha value is -5.00. The minimum atomic E-state index is -5.12. The highest BCUT2D eigenvalue weighted by molar-refractivity contribution is 5.72. The van der Waals surface area contributed by atoms with E-state index < -0.39 is 58.6 Å². The van der Waals surface area contributed by atoms with Crippen LogP contribution in [0, 0.1) is 29.1 Å². The standard InChI is InChI=1S/C37H26F10O2/c1-2-3-4-5-21-6-13-28(29(38)16-21)25-19-32(41)35(33(42)20-25)36(43,44)48-26-11-7-22(8-12-26)23-9-14-27(30(39)17-23)24-10-15-34(31(40)18-24)49-37(45,46)47/h6-20H,2-5H2,1H3. The zero-order valence-corrected chi connectivity index (χ0v) is 25.6. The molecule has 0 aliphatic heterocycles. The van der Waals surface area contributed by atoms with Crippen molar-refractivity contribution in [3.8, 4) is 44.9 Å². The van der Waals surface area contributed by atoms with Gasteiger partial charge in [-0.2, -0.15) is 8.78 Å². The summed E-state index contributed by atoms with van der Waals surface area (Å²) in [7, 11) is 0. The van der Waals surface area contributed by atoms with Crippen molar-refractivity contribution in [2.75, 3.05) is 0 Å². The predicted molar refractivity (Wildman–Crippen MR) is 163 cm³/mol. The van der Waals surface area contributed by atoms with Gasteiger partial charge in [0.25, 0.3) is 0 Å². The fourth-order valence-electron chi connectivity index (χ4n) is 5.25. The molecule has 256 valence electrons. The van der Waals surface area contributed by atoms with E-state index in [1.54, 1.807) is 6.07 Å². The lowest BCUT2D eigenvalue weighted by Crippen LogP contribution is -2.25. The number of rotatable bonds is 11. The third kappa shape index (κ3) is 8.36. The maximum Gasteiger partial charge on any atom is 0.573 e. The van der Waals surface area contributed by atoms with E-state index in [4.69, 9.17) is 0 Å². The maximum atomic E-state index is 15.1. The molecule has 2 nitrogen and oxygen atoms in total. The van der Waals surface area contributed by atoms with Crippen LogP contribution in [0.15, 0.2) is 91.0 Å². The number of aryl methyl sites for hydroxylation is 1. The number of hydrogen-bond donors (Lipinski definition) is 0. The summed E-state index contributed by atoms with van der Waals surface area (Å²) in [5.41, 5.74) is -1.07. The topological polar surface area (TPSA) is 18.5 Å². The van der Waals surface area contributed by atoms with Gasteiger partial charge in [-0.15, -0.1) is 13.2 Å². The van der Waals surface area contributed by atoms with Crippen LogP contribution in [0.4, 0.5) is 43.9 Å². The predicted octanol–water partition coefficient (Wildman–Crippen LogP) is 12.1. The van der Waals surface area contributed by atoms with E-state index >= 15 is 8.78 Å². The summed E-state index contributed by atoms with van der Waals surface area (Å²) in [5, 5.41) is 0. The monoisotopic (exact) mass is 692 g/mol. The van der Waals surface area contributed by atoms with Gasteiger partial charge in [0.2, 0.25) is 0 Å². The first kappa shape index (κ1) is 35.3. The van der Waals surface area contributed by atoms with Crippen molar-refractivity contribution >= 4 is 0 Å². The highest BCUT2D eigenvalue weighted by atomic mass is 19.4. The van der Waals surface area contributed by atoms with E-state index in [-0.39, 0.29) is 27.8 Å². The van der Waals surface area contributed by atoms with Gasteiger partial charge in [0.15, 0.2) is 11.6 Å². The van der Waals surface area contributed by atoms with Crippen LogP contribution in [-0.2, 0) is 12.5 Å². The molecule has 0 spiro atoms. The number of unbranched alkanes of at least 4 members (excludes halogenated alkanes) is 2. The molecule has 49 heavy (non-hydrogen) atoms. The lowest BCUT2D eigenvalue weighted by molar-refractivity contribution is -0.275. The van der Waals surface area contributed by atoms with Crippen LogP contribution in [0.2, 0.25) is 0 Å². The van der Waals surface area contributed by atoms with E-state index in [1.165, 1.54) is 36.4 Å². The van der Waals surface area contributed by atoms with Gasteiger partial charge in [-0.3, -0.25) is 0 Å². The molecule has 0 saturated carbocycles. The SMILES string of the molecule is CCCCCc1ccc(-c2cc(F)c(C(F)(F)Oc3ccc(-c4ccc(-c5ccc(OC(F)(F)F)c(F)c5)c(F)c4)cc3)c(F)c2)c(F)c1. The summed E-state index contributed by atoms with van der Waals surface area (Å²) >= 11 is 0. The molecule has 0 heterocycles. The molecular formula is C37H26F10O2. The Labute approximate surface area is 274 Å². The normalized spacial score (nSPS) is 11.9. The van der Waals surface area contributed by atoms with Gasteiger partial charge in [0.1, 0.15) is 34.6 Å². The Bertz CT molecular complexity index is 1930. The average molecular weight is 693 g/mol. The van der Waals surface area contributed by atoms with E-state index in [9.17, 15) is 35.1 Å². The first-order valence-corrected chi connectivity index (χ1v) is 15.0. The summed E-state index contributed by atoms with van der Waals surface area (Å²) in [6, 6.07) is 16.2. The van der Waals surface area contributed by atoms with Crippen LogP contribution in [0.3, 0.4) is 0 Å². The van der Waals surface area contributed by atoms with Crippen LogP contribution in [0.5, 0.6) is 11.5 Å². The van der Waals surface area contributed by atoms with Gasteiger partial charge in [-0.05, 0) is 89.2 Å². The van der Waals surface area contributed by atoms with Crippen LogP contribution < -0.4 is 9.47 Å². The Morgan fingerprint density at radius 2 is 1.06 bits per heavy atom. The van der Waals surface area contributed by atoms with Crippen LogP contribution in [-0.4, -0.2) is 6.36 Å². The Morgan fingerprint density at radius 1 is 0.510 bits per heavy atom. The zero-order valence-electron chi connectivity index (χ0n) is 25.6. The second-order valence-corrected chi connectivity index (χ2v) is 11.1. The molecule has 0 radical (unpaired) electrons. The van der Waals surface area contributed by atoms with Gasteiger partial charge in [0.05, 0.1) is 0 Å². The van der Waals surface area contributed by atoms with Crippen LogP contribution in [0.25, 0.3) is 33.4 Å². The molecule has 5 aromatic carbocycles. The highest BCUT2D eigenvalue weighted by Crippen LogP contribution is 2.39. The lowest BCUT2D eigenvalue weighted by atomic mass is 9.98. The molecule has 0 aliphatic rings. The Kier molecular flexibility index (Phi) is 10.3. The molecule has 0 saturated heterocycles.